The van der Waals surface area contributed by atoms with Gasteiger partial charge in [-0.3, -0.25) is 4.79 Å². The maximum absolute atomic E-state index is 12.8. The molecular weight excluding hydrogens is 226 g/mol. The van der Waals surface area contributed by atoms with Gasteiger partial charge in [0.1, 0.15) is 0 Å². The van der Waals surface area contributed by atoms with Crippen LogP contribution in [0.4, 0.5) is 8.78 Å². The van der Waals surface area contributed by atoms with Crippen LogP contribution in [0.5, 0.6) is 0 Å². The highest BCUT2D eigenvalue weighted by Crippen LogP contribution is 2.18. The van der Waals surface area contributed by atoms with E-state index in [1.807, 2.05) is 31.2 Å². The van der Waals surface area contributed by atoms with Crippen molar-refractivity contribution in [2.75, 3.05) is 7.11 Å². The van der Waals surface area contributed by atoms with Gasteiger partial charge in [0.15, 0.2) is 0 Å². The Morgan fingerprint density at radius 1 is 1.24 bits per heavy atom. The summed E-state index contributed by atoms with van der Waals surface area (Å²) < 4.78 is 29.4. The van der Waals surface area contributed by atoms with Gasteiger partial charge < -0.3 is 4.74 Å². The molecule has 0 atom stereocenters. The monoisotopic (exact) mass is 242 g/mol. The van der Waals surface area contributed by atoms with E-state index in [0.717, 1.165) is 19.1 Å². The van der Waals surface area contributed by atoms with E-state index in [9.17, 15) is 13.6 Å². The van der Waals surface area contributed by atoms with Gasteiger partial charge in [-0.1, -0.05) is 31.2 Å². The van der Waals surface area contributed by atoms with Crippen molar-refractivity contribution in [3.05, 3.63) is 35.4 Å². The van der Waals surface area contributed by atoms with Crippen LogP contribution in [0.2, 0.25) is 0 Å². The highest BCUT2D eigenvalue weighted by atomic mass is 19.3. The van der Waals surface area contributed by atoms with Gasteiger partial charge in [-0.15, -0.1) is 0 Å². The lowest BCUT2D eigenvalue weighted by Gasteiger charge is -2.12. The number of rotatable bonds is 6. The van der Waals surface area contributed by atoms with Gasteiger partial charge in [-0.2, -0.15) is 8.78 Å². The molecule has 17 heavy (non-hydrogen) atoms. The molecule has 0 saturated heterocycles. The summed E-state index contributed by atoms with van der Waals surface area (Å²) in [5, 5.41) is 0. The molecule has 0 aromatic heterocycles. The molecule has 0 aliphatic carbocycles. The Hall–Kier alpha value is -1.29. The Morgan fingerprint density at radius 2 is 1.76 bits per heavy atom. The third-order valence-corrected chi connectivity index (χ3v) is 2.65. The molecule has 0 fully saturated rings. The lowest BCUT2D eigenvalue weighted by molar-refractivity contribution is -0.216. The average molecular weight is 242 g/mol. The van der Waals surface area contributed by atoms with Gasteiger partial charge in [0.25, 0.3) is 0 Å². The highest BCUT2D eigenvalue weighted by Gasteiger charge is 2.37. The van der Waals surface area contributed by atoms with Crippen LogP contribution in [0.1, 0.15) is 24.5 Å². The number of carbonyl (C=O) groups is 1. The Morgan fingerprint density at radius 3 is 2.24 bits per heavy atom. The van der Waals surface area contributed by atoms with Crippen molar-refractivity contribution < 1.29 is 18.3 Å². The predicted molar refractivity (Wildman–Crippen MR) is 61.1 cm³/mol. The Bertz CT molecular complexity index is 372. The Labute approximate surface area is 99.6 Å². The molecule has 4 heteroatoms. The normalized spacial score (nSPS) is 11.5. The quantitative estimate of drug-likeness (QED) is 0.766. The zero-order chi connectivity index (χ0) is 12.9. The van der Waals surface area contributed by atoms with Crippen LogP contribution < -0.4 is 0 Å². The van der Waals surface area contributed by atoms with Crippen molar-refractivity contribution in [1.82, 2.24) is 0 Å². The average Bonchev–Trinajstić information content (AvgIpc) is 2.36. The topological polar surface area (TPSA) is 26.3 Å². The molecule has 0 heterocycles. The number of halogens is 2. The lowest BCUT2D eigenvalue weighted by atomic mass is 10.0. The van der Waals surface area contributed by atoms with E-state index >= 15 is 0 Å². The van der Waals surface area contributed by atoms with Crippen molar-refractivity contribution in [1.29, 1.82) is 0 Å². The SMILES string of the molecule is CCc1ccc(CCC(=O)C(F)(F)OC)cc1. The van der Waals surface area contributed by atoms with Crippen molar-refractivity contribution in [2.24, 2.45) is 0 Å². The third kappa shape index (κ3) is 3.89. The summed E-state index contributed by atoms with van der Waals surface area (Å²) in [7, 11) is 0.827. The number of hydrogen-bond donors (Lipinski definition) is 0. The molecule has 0 saturated carbocycles. The number of ether oxygens (including phenoxy) is 1. The maximum Gasteiger partial charge on any atom is 0.415 e. The van der Waals surface area contributed by atoms with Crippen LogP contribution in [0.15, 0.2) is 24.3 Å². The molecule has 0 amide bonds. The zero-order valence-corrected chi connectivity index (χ0v) is 10.0. The summed E-state index contributed by atoms with van der Waals surface area (Å²) in [5.41, 5.74) is 2.06. The zero-order valence-electron chi connectivity index (χ0n) is 10.0. The van der Waals surface area contributed by atoms with Crippen LogP contribution in [-0.2, 0) is 22.4 Å². The first-order chi connectivity index (χ1) is 7.99. The van der Waals surface area contributed by atoms with Gasteiger partial charge in [0.05, 0.1) is 0 Å². The number of ketones is 1. The van der Waals surface area contributed by atoms with E-state index < -0.39 is 11.9 Å². The number of Topliss-reactive ketones (excluding diaryl/α,β-unsaturated/α-hetero) is 1. The second-order valence-electron chi connectivity index (χ2n) is 3.81. The molecule has 0 radical (unpaired) electrons. The first-order valence-electron chi connectivity index (χ1n) is 5.53. The lowest BCUT2D eigenvalue weighted by Crippen LogP contribution is -2.30. The van der Waals surface area contributed by atoms with Crippen molar-refractivity contribution in [3.63, 3.8) is 0 Å². The predicted octanol–water partition coefficient (Wildman–Crippen LogP) is 2.99. The van der Waals surface area contributed by atoms with E-state index in [1.54, 1.807) is 0 Å². The molecule has 0 spiro atoms. The van der Waals surface area contributed by atoms with Crippen molar-refractivity contribution in [2.45, 2.75) is 32.3 Å². The van der Waals surface area contributed by atoms with Crippen LogP contribution in [-0.4, -0.2) is 19.0 Å². The Kier molecular flexibility index (Phi) is 4.75. The molecule has 0 N–H and O–H groups in total. The summed E-state index contributed by atoms with van der Waals surface area (Å²) >= 11 is 0. The molecule has 0 aliphatic heterocycles. The summed E-state index contributed by atoms with van der Waals surface area (Å²) in [4.78, 5) is 11.1. The van der Waals surface area contributed by atoms with Crippen molar-refractivity contribution >= 4 is 5.78 Å². The number of benzene rings is 1. The van der Waals surface area contributed by atoms with Crippen LogP contribution in [0, 0.1) is 0 Å². The van der Waals surface area contributed by atoms with Crippen LogP contribution in [0.25, 0.3) is 0 Å². The fourth-order valence-corrected chi connectivity index (χ4v) is 1.46. The molecule has 1 aromatic rings. The van der Waals surface area contributed by atoms with E-state index in [0.29, 0.717) is 6.42 Å². The molecule has 0 bridgehead atoms. The maximum atomic E-state index is 12.8. The number of carbonyl (C=O) groups excluding carboxylic acids is 1. The molecule has 2 nitrogen and oxygen atoms in total. The second kappa shape index (κ2) is 5.87. The largest absolute Gasteiger partial charge is 0.415 e. The Balaban J connectivity index is 2.53. The molecular formula is C13H16F2O2. The first-order valence-corrected chi connectivity index (χ1v) is 5.53. The standard InChI is InChI=1S/C13H16F2O2/c1-3-10-4-6-11(7-5-10)8-9-12(16)13(14,15)17-2/h4-7H,3,8-9H2,1-2H3. The number of alkyl halides is 2. The number of methoxy groups -OCH3 is 1. The number of hydrogen-bond acceptors (Lipinski definition) is 2. The van der Waals surface area contributed by atoms with E-state index in [2.05, 4.69) is 4.74 Å². The summed E-state index contributed by atoms with van der Waals surface area (Å²) in [6.45, 7) is 2.04. The van der Waals surface area contributed by atoms with E-state index in [-0.39, 0.29) is 6.42 Å². The van der Waals surface area contributed by atoms with Gasteiger partial charge in [0, 0.05) is 13.5 Å². The van der Waals surface area contributed by atoms with Gasteiger partial charge in [0.2, 0.25) is 5.78 Å². The van der Waals surface area contributed by atoms with Gasteiger partial charge in [-0.05, 0) is 24.0 Å². The molecule has 1 aromatic carbocycles. The summed E-state index contributed by atoms with van der Waals surface area (Å²) in [6.07, 6.45) is -2.64. The van der Waals surface area contributed by atoms with Crippen molar-refractivity contribution in [3.8, 4) is 0 Å². The van der Waals surface area contributed by atoms with Crippen LogP contribution >= 0.6 is 0 Å². The summed E-state index contributed by atoms with van der Waals surface area (Å²) in [6, 6.07) is 7.59. The van der Waals surface area contributed by atoms with Gasteiger partial charge >= 0.3 is 6.11 Å². The second-order valence-corrected chi connectivity index (χ2v) is 3.81. The summed E-state index contributed by atoms with van der Waals surface area (Å²) in [5.74, 6) is -1.18. The van der Waals surface area contributed by atoms with E-state index in [4.69, 9.17) is 0 Å². The van der Waals surface area contributed by atoms with Crippen LogP contribution in [0.3, 0.4) is 0 Å². The minimum atomic E-state index is -3.66. The van der Waals surface area contributed by atoms with E-state index in [1.165, 1.54) is 5.56 Å². The van der Waals surface area contributed by atoms with Gasteiger partial charge in [-0.25, -0.2) is 0 Å². The number of aryl methyl sites for hydroxylation is 2. The first kappa shape index (κ1) is 13.8. The molecule has 0 aliphatic rings. The molecule has 94 valence electrons. The fraction of sp³-hybridized carbons (Fsp3) is 0.462. The minimum Gasteiger partial charge on any atom is -0.318 e. The fourth-order valence-electron chi connectivity index (χ4n) is 1.46. The molecule has 0 unspecified atom stereocenters. The molecule has 1 rings (SSSR count). The highest BCUT2D eigenvalue weighted by molar-refractivity contribution is 5.84. The third-order valence-electron chi connectivity index (χ3n) is 2.65. The minimum absolute atomic E-state index is 0.216. The smallest absolute Gasteiger partial charge is 0.318 e.